The van der Waals surface area contributed by atoms with E-state index in [1.54, 1.807) is 13.8 Å². The maximum atomic E-state index is 12.0. The van der Waals surface area contributed by atoms with Crippen LogP contribution in [0.25, 0.3) is 11.0 Å². The molecule has 0 aliphatic heterocycles. The zero-order valence-electron chi connectivity index (χ0n) is 13.6. The van der Waals surface area contributed by atoms with Gasteiger partial charge in [0.15, 0.2) is 5.16 Å². The lowest BCUT2D eigenvalue weighted by Crippen LogP contribution is -2.31. The van der Waals surface area contributed by atoms with Crippen LogP contribution >= 0.6 is 11.8 Å². The van der Waals surface area contributed by atoms with Crippen LogP contribution in [0.4, 0.5) is 0 Å². The third kappa shape index (κ3) is 4.04. The summed E-state index contributed by atoms with van der Waals surface area (Å²) in [5.41, 5.74) is 3.93. The molecule has 0 radical (unpaired) electrons. The molecule has 1 N–H and O–H groups in total. The Morgan fingerprint density at radius 2 is 1.70 bits per heavy atom. The number of carbonyl (C=O) groups excluding carboxylic acids is 2. The Morgan fingerprint density at radius 3 is 2.26 bits per heavy atom. The second kappa shape index (κ2) is 7.50. The number of imidazole rings is 1. The monoisotopic (exact) mass is 336 g/mol. The van der Waals surface area contributed by atoms with Crippen LogP contribution in [-0.4, -0.2) is 40.4 Å². The molecule has 0 fully saturated rings. The standard InChI is InChI=1S/C16H20N2O4S/c1-5-21-14(19)13(15(20)22-6-2)23-16-17-11-7-9(3)10(4)8-12(11)18-16/h7-8,13H,5-6H2,1-4H3,(H,17,18). The van der Waals surface area contributed by atoms with Gasteiger partial charge < -0.3 is 14.5 Å². The van der Waals surface area contributed by atoms with E-state index in [1.807, 2.05) is 26.0 Å². The van der Waals surface area contributed by atoms with Crippen molar-refractivity contribution in [3.63, 3.8) is 0 Å². The number of fused-ring (bicyclic) bond motifs is 1. The fourth-order valence-electron chi connectivity index (χ4n) is 2.04. The number of ether oxygens (including phenoxy) is 2. The predicted molar refractivity (Wildman–Crippen MR) is 88.5 cm³/mol. The number of aromatic amines is 1. The zero-order chi connectivity index (χ0) is 17.0. The summed E-state index contributed by atoms with van der Waals surface area (Å²) >= 11 is 1.01. The van der Waals surface area contributed by atoms with Gasteiger partial charge in [0.1, 0.15) is 0 Å². The Balaban J connectivity index is 2.28. The van der Waals surface area contributed by atoms with E-state index >= 15 is 0 Å². The van der Waals surface area contributed by atoms with Crippen LogP contribution < -0.4 is 0 Å². The molecular formula is C16H20N2O4S. The molecule has 0 saturated carbocycles. The number of esters is 2. The number of nitrogens with one attached hydrogen (secondary N) is 1. The normalized spacial score (nSPS) is 11.0. The van der Waals surface area contributed by atoms with Crippen molar-refractivity contribution >= 4 is 34.7 Å². The Labute approximate surface area is 138 Å². The summed E-state index contributed by atoms with van der Waals surface area (Å²) in [7, 11) is 0. The molecule has 0 aliphatic rings. The molecule has 0 spiro atoms. The SMILES string of the molecule is CCOC(=O)C(Sc1nc2cc(C)c(C)cc2[nH]1)C(=O)OCC. The highest BCUT2D eigenvalue weighted by molar-refractivity contribution is 8.01. The maximum Gasteiger partial charge on any atom is 0.331 e. The Hall–Kier alpha value is -2.02. The van der Waals surface area contributed by atoms with E-state index in [9.17, 15) is 9.59 Å². The Bertz CT molecular complexity index is 669. The minimum absolute atomic E-state index is 0.202. The molecule has 0 bridgehead atoms. The summed E-state index contributed by atoms with van der Waals surface area (Å²) in [6, 6.07) is 3.96. The van der Waals surface area contributed by atoms with Gasteiger partial charge in [-0.15, -0.1) is 0 Å². The first-order chi connectivity index (χ1) is 11.0. The van der Waals surface area contributed by atoms with E-state index in [0.717, 1.165) is 33.9 Å². The van der Waals surface area contributed by atoms with Crippen LogP contribution in [0.1, 0.15) is 25.0 Å². The summed E-state index contributed by atoms with van der Waals surface area (Å²) in [5.74, 6) is -1.24. The van der Waals surface area contributed by atoms with Crippen LogP contribution in [0.2, 0.25) is 0 Å². The molecule has 0 unspecified atom stereocenters. The van der Waals surface area contributed by atoms with Crippen molar-refractivity contribution in [2.75, 3.05) is 13.2 Å². The molecule has 2 aromatic rings. The number of rotatable bonds is 6. The van der Waals surface area contributed by atoms with Crippen LogP contribution in [0.5, 0.6) is 0 Å². The minimum atomic E-state index is -1.09. The van der Waals surface area contributed by atoms with E-state index < -0.39 is 17.2 Å². The first-order valence-electron chi connectivity index (χ1n) is 7.43. The van der Waals surface area contributed by atoms with Crippen molar-refractivity contribution < 1.29 is 19.1 Å². The fourth-order valence-corrected chi connectivity index (χ4v) is 2.91. The Kier molecular flexibility index (Phi) is 5.65. The second-order valence-corrected chi connectivity index (χ2v) is 6.09. The van der Waals surface area contributed by atoms with E-state index in [4.69, 9.17) is 9.47 Å². The minimum Gasteiger partial charge on any atom is -0.465 e. The van der Waals surface area contributed by atoms with Gasteiger partial charge in [0, 0.05) is 0 Å². The topological polar surface area (TPSA) is 81.3 Å². The molecule has 23 heavy (non-hydrogen) atoms. The summed E-state index contributed by atoms with van der Waals surface area (Å²) in [6.07, 6.45) is 0. The first kappa shape index (κ1) is 17.3. The van der Waals surface area contributed by atoms with Crippen LogP contribution in [0.3, 0.4) is 0 Å². The van der Waals surface area contributed by atoms with E-state index in [2.05, 4.69) is 9.97 Å². The number of carbonyl (C=O) groups is 2. The summed E-state index contributed by atoms with van der Waals surface area (Å²) in [6.45, 7) is 7.81. The lowest BCUT2D eigenvalue weighted by Gasteiger charge is -2.12. The van der Waals surface area contributed by atoms with Gasteiger partial charge in [-0.05, 0) is 51.0 Å². The highest BCUT2D eigenvalue weighted by atomic mass is 32.2. The van der Waals surface area contributed by atoms with Crippen molar-refractivity contribution in [3.8, 4) is 0 Å². The van der Waals surface area contributed by atoms with Crippen molar-refractivity contribution in [1.82, 2.24) is 9.97 Å². The van der Waals surface area contributed by atoms with Crippen molar-refractivity contribution in [1.29, 1.82) is 0 Å². The molecule has 7 heteroatoms. The largest absolute Gasteiger partial charge is 0.465 e. The number of thioether (sulfide) groups is 1. The zero-order valence-corrected chi connectivity index (χ0v) is 14.5. The number of hydrogen-bond acceptors (Lipinski definition) is 6. The van der Waals surface area contributed by atoms with E-state index in [1.165, 1.54) is 0 Å². The number of benzene rings is 1. The summed E-state index contributed by atoms with van der Waals surface area (Å²) in [5, 5.41) is -0.603. The van der Waals surface area contributed by atoms with E-state index in [-0.39, 0.29) is 13.2 Å². The van der Waals surface area contributed by atoms with Crippen LogP contribution in [0.15, 0.2) is 17.3 Å². The lowest BCUT2D eigenvalue weighted by molar-refractivity contribution is -0.152. The van der Waals surface area contributed by atoms with Gasteiger partial charge in [-0.1, -0.05) is 11.8 Å². The van der Waals surface area contributed by atoms with Gasteiger partial charge >= 0.3 is 11.9 Å². The van der Waals surface area contributed by atoms with Crippen molar-refractivity contribution in [3.05, 3.63) is 23.3 Å². The highest BCUT2D eigenvalue weighted by Gasteiger charge is 2.32. The molecule has 2 rings (SSSR count). The number of H-pyrrole nitrogens is 1. The molecule has 0 saturated heterocycles. The molecule has 0 aliphatic carbocycles. The third-order valence-electron chi connectivity index (χ3n) is 3.31. The van der Waals surface area contributed by atoms with Gasteiger partial charge in [-0.25, -0.2) is 4.98 Å². The molecule has 124 valence electrons. The number of hydrogen-bond donors (Lipinski definition) is 1. The number of nitrogens with zero attached hydrogens (tertiary/aromatic N) is 1. The van der Waals surface area contributed by atoms with Crippen molar-refractivity contribution in [2.45, 2.75) is 38.1 Å². The fraction of sp³-hybridized carbons (Fsp3) is 0.438. The van der Waals surface area contributed by atoms with Gasteiger partial charge in [-0.3, -0.25) is 9.59 Å². The van der Waals surface area contributed by atoms with Crippen LogP contribution in [0, 0.1) is 13.8 Å². The average molecular weight is 336 g/mol. The Morgan fingerprint density at radius 1 is 1.13 bits per heavy atom. The molecule has 6 nitrogen and oxygen atoms in total. The average Bonchev–Trinajstić information content (AvgIpc) is 2.87. The number of aromatic nitrogens is 2. The van der Waals surface area contributed by atoms with Gasteiger partial charge in [0.25, 0.3) is 0 Å². The quantitative estimate of drug-likeness (QED) is 0.496. The molecule has 0 atom stereocenters. The molecule has 0 amide bonds. The van der Waals surface area contributed by atoms with E-state index in [0.29, 0.717) is 5.16 Å². The summed E-state index contributed by atoms with van der Waals surface area (Å²) in [4.78, 5) is 31.6. The van der Waals surface area contributed by atoms with Gasteiger partial charge in [0.2, 0.25) is 5.25 Å². The third-order valence-corrected chi connectivity index (χ3v) is 4.34. The molecule has 1 aromatic heterocycles. The maximum absolute atomic E-state index is 12.0. The van der Waals surface area contributed by atoms with Gasteiger partial charge in [0.05, 0.1) is 24.2 Å². The van der Waals surface area contributed by atoms with Crippen molar-refractivity contribution in [2.24, 2.45) is 0 Å². The lowest BCUT2D eigenvalue weighted by atomic mass is 10.1. The molecular weight excluding hydrogens is 316 g/mol. The first-order valence-corrected chi connectivity index (χ1v) is 8.31. The molecule has 1 heterocycles. The number of aryl methyl sites for hydroxylation is 2. The highest BCUT2D eigenvalue weighted by Crippen LogP contribution is 2.26. The molecule has 1 aromatic carbocycles. The second-order valence-electron chi connectivity index (χ2n) is 5.00. The predicted octanol–water partition coefficient (Wildman–Crippen LogP) is 2.77. The smallest absolute Gasteiger partial charge is 0.331 e. The van der Waals surface area contributed by atoms with Gasteiger partial charge in [-0.2, -0.15) is 0 Å². The summed E-state index contributed by atoms with van der Waals surface area (Å²) < 4.78 is 9.91. The van der Waals surface area contributed by atoms with Crippen LogP contribution in [-0.2, 0) is 19.1 Å².